The molecule has 12 nitrogen and oxygen atoms in total. The summed E-state index contributed by atoms with van der Waals surface area (Å²) in [5.74, 6) is -4.45. The van der Waals surface area contributed by atoms with E-state index in [0.717, 1.165) is 16.7 Å². The Labute approximate surface area is 305 Å². The summed E-state index contributed by atoms with van der Waals surface area (Å²) in [6.45, 7) is 18.9. The summed E-state index contributed by atoms with van der Waals surface area (Å²) in [5.41, 5.74) is -0.187. The Balaban J connectivity index is 1.84. The molecule has 11 atom stereocenters. The third kappa shape index (κ3) is 6.49. The van der Waals surface area contributed by atoms with E-state index in [2.05, 4.69) is 0 Å². The van der Waals surface area contributed by atoms with E-state index in [9.17, 15) is 24.0 Å². The van der Waals surface area contributed by atoms with E-state index < -0.39 is 94.4 Å². The predicted octanol–water partition coefficient (Wildman–Crippen LogP) is 6.02. The van der Waals surface area contributed by atoms with Crippen LogP contribution in [0.25, 0.3) is 0 Å². The van der Waals surface area contributed by atoms with Crippen LogP contribution in [0.1, 0.15) is 100 Å². The van der Waals surface area contributed by atoms with Gasteiger partial charge in [-0.05, 0) is 44.4 Å². The molecular weight excluding hydrogens is 672 g/mol. The molecule has 2 heterocycles. The van der Waals surface area contributed by atoms with Crippen molar-refractivity contribution in [1.29, 1.82) is 0 Å². The van der Waals surface area contributed by atoms with Crippen molar-refractivity contribution in [3.05, 3.63) is 47.0 Å². The summed E-state index contributed by atoms with van der Waals surface area (Å²) in [4.78, 5) is 65.5. The van der Waals surface area contributed by atoms with Crippen molar-refractivity contribution < 1.29 is 56.8 Å². The number of furan rings is 1. The third-order valence-corrected chi connectivity index (χ3v) is 12.6. The lowest BCUT2D eigenvalue weighted by Crippen LogP contribution is -2.73. The zero-order chi connectivity index (χ0) is 38.5. The summed E-state index contributed by atoms with van der Waals surface area (Å²) >= 11 is 0. The average Bonchev–Trinajstić information content (AvgIpc) is 3.79. The molecule has 0 spiro atoms. The first-order valence-electron chi connectivity index (χ1n) is 18.2. The summed E-state index contributed by atoms with van der Waals surface area (Å²) in [6, 6.07) is 1.87. The molecule has 0 amide bonds. The maximum absolute atomic E-state index is 13.8. The Morgan fingerprint density at radius 1 is 0.923 bits per heavy atom. The molecule has 0 N–H and O–H groups in total. The highest BCUT2D eigenvalue weighted by Gasteiger charge is 2.77. The van der Waals surface area contributed by atoms with Crippen molar-refractivity contribution in [2.45, 2.75) is 125 Å². The van der Waals surface area contributed by atoms with Gasteiger partial charge in [0.25, 0.3) is 0 Å². The van der Waals surface area contributed by atoms with Crippen LogP contribution < -0.4 is 0 Å². The van der Waals surface area contributed by atoms with Crippen molar-refractivity contribution in [1.82, 2.24) is 0 Å². The lowest BCUT2D eigenvalue weighted by molar-refractivity contribution is -0.266. The maximum Gasteiger partial charge on any atom is 0.333 e. The van der Waals surface area contributed by atoms with E-state index in [1.54, 1.807) is 46.3 Å². The molecule has 1 saturated heterocycles. The van der Waals surface area contributed by atoms with Gasteiger partial charge in [0.2, 0.25) is 0 Å². The van der Waals surface area contributed by atoms with Crippen LogP contribution in [0.5, 0.6) is 0 Å². The lowest BCUT2D eigenvalue weighted by atomic mass is 9.40. The minimum Gasteiger partial charge on any atom is -0.472 e. The maximum atomic E-state index is 13.8. The number of allylic oxidation sites excluding steroid dienone is 2. The van der Waals surface area contributed by atoms with Crippen molar-refractivity contribution in [3.63, 3.8) is 0 Å². The molecule has 2 saturated carbocycles. The molecule has 0 radical (unpaired) electrons. The zero-order valence-corrected chi connectivity index (χ0v) is 32.2. The number of esters is 5. The van der Waals surface area contributed by atoms with Crippen LogP contribution in [-0.4, -0.2) is 73.6 Å². The van der Waals surface area contributed by atoms with Crippen LogP contribution in [-0.2, 0) is 52.4 Å². The zero-order valence-electron chi connectivity index (χ0n) is 32.2. The molecule has 3 fully saturated rings. The Bertz CT molecular complexity index is 1640. The highest BCUT2D eigenvalue weighted by Crippen LogP contribution is 2.71. The summed E-state index contributed by atoms with van der Waals surface area (Å²) < 4.78 is 43.3. The number of hydrogen-bond acceptors (Lipinski definition) is 12. The van der Waals surface area contributed by atoms with E-state index in [1.807, 2.05) is 33.8 Å². The van der Waals surface area contributed by atoms with Crippen LogP contribution in [0.3, 0.4) is 0 Å². The molecule has 286 valence electrons. The molecule has 52 heavy (non-hydrogen) atoms. The van der Waals surface area contributed by atoms with Crippen LogP contribution >= 0.6 is 0 Å². The highest BCUT2D eigenvalue weighted by atomic mass is 16.6. The topological polar surface area (TPSA) is 154 Å². The molecule has 0 aromatic carbocycles. The van der Waals surface area contributed by atoms with E-state index in [0.29, 0.717) is 12.0 Å². The summed E-state index contributed by atoms with van der Waals surface area (Å²) in [7, 11) is 0. The van der Waals surface area contributed by atoms with E-state index in [4.69, 9.17) is 32.8 Å². The Morgan fingerprint density at radius 2 is 1.60 bits per heavy atom. The summed E-state index contributed by atoms with van der Waals surface area (Å²) in [6.07, 6.45) is 1.35. The average molecular weight is 727 g/mol. The normalized spacial score (nSPS) is 37.0. The van der Waals surface area contributed by atoms with E-state index in [1.165, 1.54) is 20.8 Å². The predicted molar refractivity (Wildman–Crippen MR) is 186 cm³/mol. The Morgan fingerprint density at radius 3 is 2.15 bits per heavy atom. The fourth-order valence-corrected chi connectivity index (χ4v) is 10.1. The van der Waals surface area contributed by atoms with Gasteiger partial charge in [0.15, 0.2) is 0 Å². The van der Waals surface area contributed by atoms with E-state index in [-0.39, 0.29) is 25.6 Å². The minimum absolute atomic E-state index is 0.147. The SMILES string of the molecule is C/C=C(\C)C(=O)OC1CC(OC(C)=O)[C@@]2(C)COC3C2[C@@]1(C)[C@@H](COC(C)=O)[C@](C)(C1=C(C)[C@H](c2ccoc2)C[C@@H]1OC(C)=O)C3OC(=O)C(C)C. The number of rotatable bonds is 10. The molecule has 1 aromatic rings. The monoisotopic (exact) mass is 726 g/mol. The largest absolute Gasteiger partial charge is 0.472 e. The summed E-state index contributed by atoms with van der Waals surface area (Å²) in [5, 5.41) is 0. The molecule has 5 unspecified atom stereocenters. The Hall–Kier alpha value is -3.93. The Kier molecular flexibility index (Phi) is 10.9. The van der Waals surface area contributed by atoms with Crippen molar-refractivity contribution in [3.8, 4) is 0 Å². The third-order valence-electron chi connectivity index (χ3n) is 12.6. The van der Waals surface area contributed by atoms with Gasteiger partial charge in [-0.2, -0.15) is 0 Å². The number of hydrogen-bond donors (Lipinski definition) is 0. The van der Waals surface area contributed by atoms with Gasteiger partial charge in [-0.3, -0.25) is 19.2 Å². The molecule has 3 aliphatic carbocycles. The first-order valence-corrected chi connectivity index (χ1v) is 18.2. The second kappa shape index (κ2) is 14.5. The number of carbonyl (C=O) groups excluding carboxylic acids is 5. The van der Waals surface area contributed by atoms with Crippen molar-refractivity contribution in [2.75, 3.05) is 13.2 Å². The van der Waals surface area contributed by atoms with Crippen LogP contribution in [0.4, 0.5) is 0 Å². The molecule has 5 rings (SSSR count). The van der Waals surface area contributed by atoms with Gasteiger partial charge in [-0.15, -0.1) is 0 Å². The number of carbonyl (C=O) groups is 5. The quantitative estimate of drug-likeness (QED) is 0.120. The van der Waals surface area contributed by atoms with Gasteiger partial charge >= 0.3 is 29.8 Å². The van der Waals surface area contributed by atoms with E-state index >= 15 is 0 Å². The molecule has 1 aromatic heterocycles. The van der Waals surface area contributed by atoms with Gasteiger partial charge in [0, 0.05) is 66.8 Å². The standard InChI is InChI=1S/C40H54O12/c1-12-21(4)37(45)51-31-16-30(50-25(8)43)38(9)19-48-33-34(38)39(31,10)29(18-47-23(6)41)40(11,35(33)52-36(44)20(2)3)32-22(5)27(26-13-14-46-17-26)15-28(32)49-24(7)42/h12-14,17,20,27-31,33-35H,15-16,18-19H2,1-11H3/b21-12+/t27-,28+,29-,30?,31?,33?,34?,35?,38-,39+,40-/m1/s1. The van der Waals surface area contributed by atoms with Gasteiger partial charge < -0.3 is 32.8 Å². The fraction of sp³-hybridized carbons (Fsp3) is 0.675. The van der Waals surface area contributed by atoms with Gasteiger partial charge in [0.05, 0.1) is 37.8 Å². The second-order valence-corrected chi connectivity index (χ2v) is 16.0. The first-order chi connectivity index (χ1) is 24.3. The fourth-order valence-electron chi connectivity index (χ4n) is 10.1. The smallest absolute Gasteiger partial charge is 0.333 e. The molecular formula is C40H54O12. The molecule has 0 bridgehead atoms. The minimum atomic E-state index is -1.22. The van der Waals surface area contributed by atoms with Crippen LogP contribution in [0.2, 0.25) is 0 Å². The second-order valence-electron chi connectivity index (χ2n) is 16.0. The van der Waals surface area contributed by atoms with Crippen LogP contribution in [0.15, 0.2) is 45.8 Å². The number of ether oxygens (including phenoxy) is 6. The van der Waals surface area contributed by atoms with Crippen molar-refractivity contribution in [2.24, 2.45) is 34.0 Å². The molecule has 1 aliphatic heterocycles. The first kappa shape index (κ1) is 39.3. The van der Waals surface area contributed by atoms with Crippen molar-refractivity contribution >= 4 is 29.8 Å². The lowest BCUT2D eigenvalue weighted by Gasteiger charge is -2.66. The van der Waals surface area contributed by atoms with Gasteiger partial charge in [-0.1, -0.05) is 46.3 Å². The van der Waals surface area contributed by atoms with Gasteiger partial charge in [0.1, 0.15) is 24.4 Å². The molecule has 12 heteroatoms. The van der Waals surface area contributed by atoms with Crippen LogP contribution in [0, 0.1) is 34.0 Å². The highest BCUT2D eigenvalue weighted by molar-refractivity contribution is 5.87. The van der Waals surface area contributed by atoms with Gasteiger partial charge in [-0.25, -0.2) is 4.79 Å². The molecule has 4 aliphatic rings.